The Labute approximate surface area is 164 Å². The number of benzene rings is 3. The molecular weight excluding hydrogens is 352 g/mol. The van der Waals surface area contributed by atoms with E-state index in [1.54, 1.807) is 48.5 Å². The van der Waals surface area contributed by atoms with Gasteiger partial charge in [-0.2, -0.15) is 0 Å². The number of amides is 2. The molecule has 0 aromatic heterocycles. The molecule has 0 spiro atoms. The number of nitrogens with one attached hydrogen (secondary N) is 2. The van der Waals surface area contributed by atoms with Gasteiger partial charge in [-0.25, -0.2) is 0 Å². The minimum Gasteiger partial charge on any atom is -0.457 e. The third-order valence-corrected chi connectivity index (χ3v) is 3.99. The van der Waals surface area contributed by atoms with Crippen LogP contribution in [0.2, 0.25) is 0 Å². The molecule has 0 saturated heterocycles. The van der Waals surface area contributed by atoms with Crippen molar-refractivity contribution in [1.82, 2.24) is 0 Å². The Bertz CT molecular complexity index is 968. The second-order valence-corrected chi connectivity index (χ2v) is 6.62. The zero-order chi connectivity index (χ0) is 19.9. The molecule has 0 heterocycles. The Morgan fingerprint density at radius 2 is 1.39 bits per heavy atom. The van der Waals surface area contributed by atoms with Gasteiger partial charge in [0.25, 0.3) is 5.91 Å². The zero-order valence-electron chi connectivity index (χ0n) is 15.8. The van der Waals surface area contributed by atoms with Crippen LogP contribution in [0.1, 0.15) is 24.2 Å². The molecule has 2 N–H and O–H groups in total. The van der Waals surface area contributed by atoms with E-state index < -0.39 is 0 Å². The molecule has 0 aliphatic heterocycles. The van der Waals surface area contributed by atoms with Gasteiger partial charge in [0.15, 0.2) is 0 Å². The molecule has 5 nitrogen and oxygen atoms in total. The van der Waals surface area contributed by atoms with E-state index in [0.29, 0.717) is 28.4 Å². The van der Waals surface area contributed by atoms with Crippen LogP contribution in [0, 0.1) is 5.92 Å². The molecule has 0 aliphatic carbocycles. The summed E-state index contributed by atoms with van der Waals surface area (Å²) in [4.78, 5) is 24.4. The highest BCUT2D eigenvalue weighted by atomic mass is 16.5. The molecule has 5 heteroatoms. The van der Waals surface area contributed by atoms with Crippen molar-refractivity contribution < 1.29 is 14.3 Å². The largest absolute Gasteiger partial charge is 0.457 e. The summed E-state index contributed by atoms with van der Waals surface area (Å²) in [5.74, 6) is 0.830. The number of carbonyl (C=O) groups excluding carboxylic acids is 2. The van der Waals surface area contributed by atoms with Gasteiger partial charge in [-0.15, -0.1) is 0 Å². The Balaban J connectivity index is 1.69. The summed E-state index contributed by atoms with van der Waals surface area (Å²) in [5.41, 5.74) is 1.71. The van der Waals surface area contributed by atoms with Crippen molar-refractivity contribution in [2.75, 3.05) is 10.6 Å². The summed E-state index contributed by atoms with van der Waals surface area (Å²) >= 11 is 0. The topological polar surface area (TPSA) is 67.4 Å². The van der Waals surface area contributed by atoms with Gasteiger partial charge in [0.1, 0.15) is 11.5 Å². The van der Waals surface area contributed by atoms with Crippen LogP contribution in [0.4, 0.5) is 11.4 Å². The van der Waals surface area contributed by atoms with E-state index in [-0.39, 0.29) is 17.7 Å². The van der Waals surface area contributed by atoms with Crippen LogP contribution in [-0.2, 0) is 4.79 Å². The first-order valence-corrected chi connectivity index (χ1v) is 9.06. The maximum absolute atomic E-state index is 12.6. The molecule has 0 unspecified atom stereocenters. The van der Waals surface area contributed by atoms with Gasteiger partial charge in [-0.1, -0.05) is 44.2 Å². The molecule has 0 radical (unpaired) electrons. The minimum atomic E-state index is -0.258. The zero-order valence-corrected chi connectivity index (χ0v) is 15.8. The maximum atomic E-state index is 12.6. The highest BCUT2D eigenvalue weighted by Gasteiger charge is 2.10. The molecule has 28 heavy (non-hydrogen) atoms. The van der Waals surface area contributed by atoms with E-state index in [2.05, 4.69) is 10.6 Å². The predicted molar refractivity (Wildman–Crippen MR) is 111 cm³/mol. The normalized spacial score (nSPS) is 10.4. The van der Waals surface area contributed by atoms with Crippen LogP contribution in [0.15, 0.2) is 78.9 Å². The third kappa shape index (κ3) is 5.20. The first-order valence-electron chi connectivity index (χ1n) is 9.06. The van der Waals surface area contributed by atoms with Crippen molar-refractivity contribution in [3.63, 3.8) is 0 Å². The SMILES string of the molecule is CC(C)C(=O)Nc1cccc(NC(=O)c2cccc(Oc3ccccc3)c2)c1. The molecule has 0 atom stereocenters. The summed E-state index contributed by atoms with van der Waals surface area (Å²) in [6.07, 6.45) is 0. The third-order valence-electron chi connectivity index (χ3n) is 3.99. The van der Waals surface area contributed by atoms with Crippen molar-refractivity contribution >= 4 is 23.2 Å². The Hall–Kier alpha value is -3.60. The smallest absolute Gasteiger partial charge is 0.255 e. The van der Waals surface area contributed by atoms with Crippen molar-refractivity contribution in [3.8, 4) is 11.5 Å². The van der Waals surface area contributed by atoms with Crippen LogP contribution in [0.3, 0.4) is 0 Å². The fourth-order valence-electron chi connectivity index (χ4n) is 2.49. The van der Waals surface area contributed by atoms with Gasteiger partial charge in [0, 0.05) is 22.9 Å². The van der Waals surface area contributed by atoms with Crippen LogP contribution < -0.4 is 15.4 Å². The number of ether oxygens (including phenoxy) is 1. The molecule has 0 bridgehead atoms. The molecule has 2 amide bonds. The van der Waals surface area contributed by atoms with Gasteiger partial charge >= 0.3 is 0 Å². The predicted octanol–water partition coefficient (Wildman–Crippen LogP) is 5.33. The van der Waals surface area contributed by atoms with Crippen molar-refractivity contribution in [2.45, 2.75) is 13.8 Å². The lowest BCUT2D eigenvalue weighted by atomic mass is 10.2. The average Bonchev–Trinajstić information content (AvgIpc) is 2.69. The molecule has 0 aliphatic rings. The number of carbonyl (C=O) groups is 2. The minimum absolute atomic E-state index is 0.0748. The lowest BCUT2D eigenvalue weighted by Gasteiger charge is -2.11. The van der Waals surface area contributed by atoms with Crippen LogP contribution in [0.5, 0.6) is 11.5 Å². The van der Waals surface area contributed by atoms with Crippen LogP contribution in [0.25, 0.3) is 0 Å². The van der Waals surface area contributed by atoms with Gasteiger partial charge in [0.05, 0.1) is 0 Å². The van der Waals surface area contributed by atoms with Gasteiger partial charge < -0.3 is 15.4 Å². The van der Waals surface area contributed by atoms with Gasteiger partial charge in [-0.05, 0) is 48.5 Å². The molecule has 3 rings (SSSR count). The quantitative estimate of drug-likeness (QED) is 0.613. The molecule has 3 aromatic rings. The van der Waals surface area contributed by atoms with Crippen molar-refractivity contribution in [3.05, 3.63) is 84.4 Å². The second kappa shape index (κ2) is 8.86. The number of hydrogen-bond donors (Lipinski definition) is 2. The number of anilines is 2. The summed E-state index contributed by atoms with van der Waals surface area (Å²) < 4.78 is 5.78. The summed E-state index contributed by atoms with van der Waals surface area (Å²) in [7, 11) is 0. The monoisotopic (exact) mass is 374 g/mol. The van der Waals surface area contributed by atoms with E-state index in [1.807, 2.05) is 44.2 Å². The van der Waals surface area contributed by atoms with E-state index >= 15 is 0 Å². The standard InChI is InChI=1S/C23H22N2O3/c1-16(2)22(26)24-18-9-7-10-19(15-18)25-23(27)17-8-6-13-21(14-17)28-20-11-4-3-5-12-20/h3-16H,1-2H3,(H,24,26)(H,25,27). The maximum Gasteiger partial charge on any atom is 0.255 e. The van der Waals surface area contributed by atoms with E-state index in [0.717, 1.165) is 0 Å². The molecule has 142 valence electrons. The highest BCUT2D eigenvalue weighted by Crippen LogP contribution is 2.23. The summed E-state index contributed by atoms with van der Waals surface area (Å²) in [5, 5.41) is 5.67. The number of para-hydroxylation sites is 1. The Morgan fingerprint density at radius 1 is 0.750 bits per heavy atom. The molecule has 0 saturated carbocycles. The fourth-order valence-corrected chi connectivity index (χ4v) is 2.49. The van der Waals surface area contributed by atoms with E-state index in [9.17, 15) is 9.59 Å². The Kier molecular flexibility index (Phi) is 6.07. The van der Waals surface area contributed by atoms with Gasteiger partial charge in [0.2, 0.25) is 5.91 Å². The van der Waals surface area contributed by atoms with Gasteiger partial charge in [-0.3, -0.25) is 9.59 Å². The molecule has 0 fully saturated rings. The average molecular weight is 374 g/mol. The first kappa shape index (κ1) is 19.2. The van der Waals surface area contributed by atoms with E-state index in [4.69, 9.17) is 4.74 Å². The summed E-state index contributed by atoms with van der Waals surface area (Å²) in [6, 6.07) is 23.4. The summed E-state index contributed by atoms with van der Waals surface area (Å²) in [6.45, 7) is 3.65. The van der Waals surface area contributed by atoms with Crippen molar-refractivity contribution in [1.29, 1.82) is 0 Å². The lowest BCUT2D eigenvalue weighted by molar-refractivity contribution is -0.118. The Morgan fingerprint density at radius 3 is 2.11 bits per heavy atom. The molecule has 3 aromatic carbocycles. The molecular formula is C23H22N2O3. The fraction of sp³-hybridized carbons (Fsp3) is 0.130. The lowest BCUT2D eigenvalue weighted by Crippen LogP contribution is -2.18. The van der Waals surface area contributed by atoms with E-state index in [1.165, 1.54) is 0 Å². The van der Waals surface area contributed by atoms with Crippen LogP contribution >= 0.6 is 0 Å². The number of hydrogen-bond acceptors (Lipinski definition) is 3. The van der Waals surface area contributed by atoms with Crippen LogP contribution in [-0.4, -0.2) is 11.8 Å². The van der Waals surface area contributed by atoms with Crippen molar-refractivity contribution in [2.24, 2.45) is 5.92 Å². The number of rotatable bonds is 6. The highest BCUT2D eigenvalue weighted by molar-refractivity contribution is 6.05. The second-order valence-electron chi connectivity index (χ2n) is 6.62. The first-order chi connectivity index (χ1) is 13.5.